The molecule has 1 aliphatic rings. The van der Waals surface area contributed by atoms with Crippen molar-refractivity contribution in [3.05, 3.63) is 18.0 Å². The van der Waals surface area contributed by atoms with E-state index >= 15 is 0 Å². The number of nitrogens with zero attached hydrogens (tertiary/aromatic N) is 3. The molecule has 5 heteroatoms. The predicted molar refractivity (Wildman–Crippen MR) is 81.8 cm³/mol. The van der Waals surface area contributed by atoms with Crippen LogP contribution in [0, 0.1) is 11.3 Å². The highest BCUT2D eigenvalue weighted by Crippen LogP contribution is 2.19. The molecule has 1 aromatic rings. The van der Waals surface area contributed by atoms with E-state index in [1.54, 1.807) is 0 Å². The van der Waals surface area contributed by atoms with Gasteiger partial charge in [-0.15, -0.1) is 0 Å². The zero-order valence-corrected chi connectivity index (χ0v) is 12.7. The van der Waals surface area contributed by atoms with Gasteiger partial charge in [0.2, 0.25) is 0 Å². The van der Waals surface area contributed by atoms with Crippen LogP contribution in [0.4, 0.5) is 0 Å². The second-order valence-corrected chi connectivity index (χ2v) is 5.76. The van der Waals surface area contributed by atoms with Gasteiger partial charge in [0.05, 0.1) is 17.6 Å². The van der Waals surface area contributed by atoms with Gasteiger partial charge in [-0.3, -0.25) is 15.0 Å². The first-order chi connectivity index (χ1) is 9.63. The Bertz CT molecular complexity index is 427. The minimum atomic E-state index is 0.286. The van der Waals surface area contributed by atoms with Crippen molar-refractivity contribution in [3.63, 3.8) is 0 Å². The second kappa shape index (κ2) is 6.88. The van der Waals surface area contributed by atoms with E-state index in [2.05, 4.69) is 35.7 Å². The first kappa shape index (κ1) is 15.0. The van der Waals surface area contributed by atoms with Gasteiger partial charge in [0.25, 0.3) is 0 Å². The summed E-state index contributed by atoms with van der Waals surface area (Å²) in [4.78, 5) is 2.42. The van der Waals surface area contributed by atoms with Gasteiger partial charge in [-0.2, -0.15) is 5.10 Å². The predicted octanol–water partition coefficient (Wildman–Crippen LogP) is 2.39. The molecule has 2 heterocycles. The van der Waals surface area contributed by atoms with Crippen LogP contribution in [0.25, 0.3) is 0 Å². The van der Waals surface area contributed by atoms with Crippen molar-refractivity contribution in [2.45, 2.75) is 52.1 Å². The quantitative estimate of drug-likeness (QED) is 0.619. The average Bonchev–Trinajstić information content (AvgIpc) is 2.89. The third kappa shape index (κ3) is 3.60. The van der Waals surface area contributed by atoms with E-state index in [0.29, 0.717) is 11.9 Å². The van der Waals surface area contributed by atoms with Gasteiger partial charge in [-0.05, 0) is 44.8 Å². The number of hydrogen-bond acceptors (Lipinski definition) is 3. The number of nitrogens with one attached hydrogen (secondary N) is 1. The van der Waals surface area contributed by atoms with Gasteiger partial charge in [-0.25, -0.2) is 0 Å². The first-order valence-electron chi connectivity index (χ1n) is 7.74. The van der Waals surface area contributed by atoms with Crippen LogP contribution in [0.5, 0.6) is 0 Å². The molecule has 0 radical (unpaired) electrons. The molecule has 1 saturated heterocycles. The van der Waals surface area contributed by atoms with E-state index in [0.717, 1.165) is 51.0 Å². The van der Waals surface area contributed by atoms with Crippen LogP contribution >= 0.6 is 0 Å². The largest absolute Gasteiger partial charge is 0.387 e. The third-order valence-corrected chi connectivity index (χ3v) is 4.39. The molecule has 2 rings (SSSR count). The van der Waals surface area contributed by atoms with Crippen LogP contribution < -0.4 is 5.73 Å². The minimum absolute atomic E-state index is 0.286. The molecule has 0 spiro atoms. The number of piperidine rings is 1. The molecular weight excluding hydrogens is 250 g/mol. The number of nitrogens with two attached hydrogens (primary N) is 1. The maximum absolute atomic E-state index is 7.51. The zero-order chi connectivity index (χ0) is 14.5. The third-order valence-electron chi connectivity index (χ3n) is 4.39. The fourth-order valence-electron chi connectivity index (χ4n) is 2.96. The summed E-state index contributed by atoms with van der Waals surface area (Å²) >= 11 is 0. The molecule has 1 fully saturated rings. The minimum Gasteiger partial charge on any atom is -0.387 e. The molecule has 1 aromatic heterocycles. The summed E-state index contributed by atoms with van der Waals surface area (Å²) in [6.45, 7) is 7.37. The molecule has 5 nitrogen and oxygen atoms in total. The summed E-state index contributed by atoms with van der Waals surface area (Å²) in [5.74, 6) is 0.635. The van der Waals surface area contributed by atoms with Gasteiger partial charge < -0.3 is 5.73 Å². The van der Waals surface area contributed by atoms with E-state index in [9.17, 15) is 0 Å². The fourth-order valence-corrected chi connectivity index (χ4v) is 2.96. The molecule has 0 aliphatic carbocycles. The smallest absolute Gasteiger partial charge is 0.0937 e. The van der Waals surface area contributed by atoms with Gasteiger partial charge in [0.15, 0.2) is 0 Å². The molecule has 0 bridgehead atoms. The van der Waals surface area contributed by atoms with Crippen LogP contribution in [-0.4, -0.2) is 33.6 Å². The van der Waals surface area contributed by atoms with E-state index in [-0.39, 0.29) is 5.92 Å². The summed E-state index contributed by atoms with van der Waals surface area (Å²) in [5.41, 5.74) is 6.73. The Morgan fingerprint density at radius 1 is 1.40 bits per heavy atom. The maximum atomic E-state index is 7.51. The molecule has 1 aliphatic heterocycles. The van der Waals surface area contributed by atoms with Crippen LogP contribution in [-0.2, 0) is 6.54 Å². The van der Waals surface area contributed by atoms with Crippen LogP contribution in [0.3, 0.4) is 0 Å². The lowest BCUT2D eigenvalue weighted by Gasteiger charge is -2.30. The highest BCUT2D eigenvalue weighted by molar-refractivity contribution is 5.79. The molecule has 0 saturated carbocycles. The van der Waals surface area contributed by atoms with Gasteiger partial charge in [-0.1, -0.05) is 13.8 Å². The van der Waals surface area contributed by atoms with Crippen molar-refractivity contribution < 1.29 is 0 Å². The summed E-state index contributed by atoms with van der Waals surface area (Å²) < 4.78 is 2.11. The monoisotopic (exact) mass is 277 g/mol. The summed E-state index contributed by atoms with van der Waals surface area (Å²) in [6, 6.07) is 2.65. The summed E-state index contributed by atoms with van der Waals surface area (Å²) in [6.07, 6.45) is 6.36. The molecule has 0 aromatic carbocycles. The van der Waals surface area contributed by atoms with E-state index < -0.39 is 0 Å². The number of rotatable bonds is 6. The normalized spacial score (nSPS) is 17.8. The average molecular weight is 277 g/mol. The van der Waals surface area contributed by atoms with Gasteiger partial charge >= 0.3 is 0 Å². The van der Waals surface area contributed by atoms with Crippen LogP contribution in [0.15, 0.2) is 12.3 Å². The second-order valence-electron chi connectivity index (χ2n) is 5.76. The number of likely N-dealkylation sites (tertiary alicyclic amines) is 1. The lowest BCUT2D eigenvalue weighted by atomic mass is 9.96. The molecule has 0 atom stereocenters. The van der Waals surface area contributed by atoms with Crippen molar-refractivity contribution in [1.29, 1.82) is 5.41 Å². The molecule has 20 heavy (non-hydrogen) atoms. The first-order valence-corrected chi connectivity index (χ1v) is 7.74. The summed E-state index contributed by atoms with van der Waals surface area (Å²) in [7, 11) is 0. The zero-order valence-electron chi connectivity index (χ0n) is 12.7. The lowest BCUT2D eigenvalue weighted by Crippen LogP contribution is -2.37. The van der Waals surface area contributed by atoms with Crippen molar-refractivity contribution in [2.24, 2.45) is 11.7 Å². The van der Waals surface area contributed by atoms with E-state index in [4.69, 9.17) is 16.2 Å². The SMILES string of the molecule is CCC(CC)n1ccc(CN2CCC(C(=N)N)CC2)n1. The van der Waals surface area contributed by atoms with Crippen LogP contribution in [0.2, 0.25) is 0 Å². The number of hydrogen-bond donors (Lipinski definition) is 2. The highest BCUT2D eigenvalue weighted by atomic mass is 15.3. The number of amidine groups is 1. The van der Waals surface area contributed by atoms with E-state index in [1.165, 1.54) is 0 Å². The van der Waals surface area contributed by atoms with E-state index in [1.807, 2.05) is 0 Å². The standard InChI is InChI=1S/C15H27N5/c1-3-14(4-2)20-10-7-13(18-20)11-19-8-5-12(6-9-19)15(16)17/h7,10,12,14H,3-6,8-9,11H2,1-2H3,(H3,16,17). The Morgan fingerprint density at radius 2 is 2.05 bits per heavy atom. The Morgan fingerprint density at radius 3 is 2.60 bits per heavy atom. The molecular formula is C15H27N5. The molecule has 0 amide bonds. The molecule has 112 valence electrons. The highest BCUT2D eigenvalue weighted by Gasteiger charge is 2.21. The summed E-state index contributed by atoms with van der Waals surface area (Å²) in [5, 5.41) is 12.2. The van der Waals surface area contributed by atoms with Crippen molar-refractivity contribution in [1.82, 2.24) is 14.7 Å². The Balaban J connectivity index is 1.87. The maximum Gasteiger partial charge on any atom is 0.0937 e. The fraction of sp³-hybridized carbons (Fsp3) is 0.733. The van der Waals surface area contributed by atoms with Crippen molar-refractivity contribution in [2.75, 3.05) is 13.1 Å². The number of aromatic nitrogens is 2. The molecule has 3 N–H and O–H groups in total. The Labute approximate surface area is 121 Å². The van der Waals surface area contributed by atoms with Crippen molar-refractivity contribution in [3.8, 4) is 0 Å². The van der Waals surface area contributed by atoms with Gasteiger partial charge in [0.1, 0.15) is 0 Å². The molecule has 0 unspecified atom stereocenters. The van der Waals surface area contributed by atoms with Gasteiger partial charge in [0, 0.05) is 18.7 Å². The van der Waals surface area contributed by atoms with Crippen LogP contribution in [0.1, 0.15) is 51.3 Å². The van der Waals surface area contributed by atoms with Crippen molar-refractivity contribution >= 4 is 5.84 Å². The lowest BCUT2D eigenvalue weighted by molar-refractivity contribution is 0.198. The Kier molecular flexibility index (Phi) is 5.17. The topological polar surface area (TPSA) is 70.9 Å². The Hall–Kier alpha value is -1.36.